The first-order valence-electron chi connectivity index (χ1n) is 6.77. The van der Waals surface area contributed by atoms with Gasteiger partial charge in [0.2, 0.25) is 0 Å². The van der Waals surface area contributed by atoms with Crippen LogP contribution in [0.2, 0.25) is 0 Å². The van der Waals surface area contributed by atoms with Crippen molar-refractivity contribution in [3.63, 3.8) is 0 Å². The molecule has 0 aliphatic heterocycles. The Labute approximate surface area is 127 Å². The number of aryl methyl sites for hydroxylation is 1. The van der Waals surface area contributed by atoms with Crippen LogP contribution >= 0.6 is 11.3 Å². The van der Waals surface area contributed by atoms with Gasteiger partial charge in [-0.15, -0.1) is 11.3 Å². The number of nitrogens with zero attached hydrogens (tertiary/aromatic N) is 1. The van der Waals surface area contributed by atoms with Crippen LogP contribution in [0.15, 0.2) is 24.3 Å². The lowest BCUT2D eigenvalue weighted by Gasteiger charge is -2.10. The summed E-state index contributed by atoms with van der Waals surface area (Å²) in [5.41, 5.74) is 1.51. The zero-order chi connectivity index (χ0) is 15.4. The average molecular weight is 312 g/mol. The number of para-hydroxylation sites is 1. The first kappa shape index (κ1) is 15.9. The lowest BCUT2D eigenvalue weighted by atomic mass is 10.2. The summed E-state index contributed by atoms with van der Waals surface area (Å²) >= 11 is 1.50. The van der Waals surface area contributed by atoms with Gasteiger partial charge in [0.1, 0.15) is 10.8 Å². The molecule has 0 amide bonds. The predicted molar refractivity (Wildman–Crippen MR) is 81.0 cm³/mol. The molecule has 1 aromatic heterocycles. The van der Waals surface area contributed by atoms with Crippen molar-refractivity contribution in [3.8, 4) is 16.3 Å². The molecule has 21 heavy (non-hydrogen) atoms. The summed E-state index contributed by atoms with van der Waals surface area (Å²) in [7, 11) is 0. The quantitative estimate of drug-likeness (QED) is 0.859. The van der Waals surface area contributed by atoms with Gasteiger partial charge in [-0.2, -0.15) is 8.78 Å². The molecule has 0 aliphatic carbocycles. The fraction of sp³-hybridized carbons (Fsp3) is 0.400. The molecule has 2 aromatic rings. The van der Waals surface area contributed by atoms with Crippen molar-refractivity contribution in [2.75, 3.05) is 6.54 Å². The molecule has 114 valence electrons. The average Bonchev–Trinajstić information content (AvgIpc) is 2.81. The van der Waals surface area contributed by atoms with Crippen LogP contribution in [0, 0.1) is 6.92 Å². The fourth-order valence-electron chi connectivity index (χ4n) is 2.17. The zero-order valence-corrected chi connectivity index (χ0v) is 13.0. The van der Waals surface area contributed by atoms with Crippen LogP contribution < -0.4 is 10.1 Å². The number of aromatic nitrogens is 1. The van der Waals surface area contributed by atoms with E-state index in [4.69, 9.17) is 0 Å². The molecule has 1 aromatic carbocycles. The highest BCUT2D eigenvalue weighted by molar-refractivity contribution is 7.15. The molecule has 1 unspecified atom stereocenters. The van der Waals surface area contributed by atoms with Gasteiger partial charge in [0.15, 0.2) is 0 Å². The molecule has 0 spiro atoms. The van der Waals surface area contributed by atoms with Gasteiger partial charge in [0.25, 0.3) is 0 Å². The van der Waals surface area contributed by atoms with Gasteiger partial charge in [-0.25, -0.2) is 4.98 Å². The Kier molecular flexibility index (Phi) is 5.25. The van der Waals surface area contributed by atoms with Gasteiger partial charge in [-0.1, -0.05) is 19.1 Å². The fourth-order valence-corrected chi connectivity index (χ4v) is 3.29. The molecule has 1 heterocycles. The first-order chi connectivity index (χ1) is 10.0. The second-order valence-electron chi connectivity index (χ2n) is 4.62. The topological polar surface area (TPSA) is 34.1 Å². The van der Waals surface area contributed by atoms with E-state index in [1.54, 1.807) is 18.2 Å². The van der Waals surface area contributed by atoms with E-state index in [0.717, 1.165) is 17.1 Å². The van der Waals surface area contributed by atoms with Crippen LogP contribution in [0.25, 0.3) is 10.6 Å². The molecule has 0 saturated heterocycles. The molecule has 2 rings (SSSR count). The predicted octanol–water partition coefficient (Wildman–Crippen LogP) is 4.39. The monoisotopic (exact) mass is 312 g/mol. The van der Waals surface area contributed by atoms with Crippen molar-refractivity contribution < 1.29 is 13.5 Å². The molecular formula is C15H18F2N2OS. The number of ether oxygens (including phenoxy) is 1. The Morgan fingerprint density at radius 1 is 1.33 bits per heavy atom. The van der Waals surface area contributed by atoms with E-state index in [1.165, 1.54) is 17.4 Å². The number of hydrogen-bond acceptors (Lipinski definition) is 4. The summed E-state index contributed by atoms with van der Waals surface area (Å²) in [5.74, 6) is 0.156. The summed E-state index contributed by atoms with van der Waals surface area (Å²) in [4.78, 5) is 5.62. The van der Waals surface area contributed by atoms with Crippen molar-refractivity contribution in [2.24, 2.45) is 0 Å². The minimum absolute atomic E-state index is 0.156. The Bertz CT molecular complexity index is 601. The highest BCUT2D eigenvalue weighted by atomic mass is 32.1. The molecule has 0 saturated carbocycles. The first-order valence-corrected chi connectivity index (χ1v) is 7.59. The van der Waals surface area contributed by atoms with Crippen molar-refractivity contribution in [2.45, 2.75) is 33.4 Å². The summed E-state index contributed by atoms with van der Waals surface area (Å²) < 4.78 is 29.5. The maximum atomic E-state index is 12.5. The number of halogens is 2. The summed E-state index contributed by atoms with van der Waals surface area (Å²) in [6.45, 7) is 4.06. The Morgan fingerprint density at radius 3 is 2.71 bits per heavy atom. The highest BCUT2D eigenvalue weighted by Gasteiger charge is 2.18. The number of alkyl halides is 2. The molecule has 0 bridgehead atoms. The van der Waals surface area contributed by atoms with E-state index in [2.05, 4.69) is 22.0 Å². The van der Waals surface area contributed by atoms with E-state index in [0.29, 0.717) is 10.6 Å². The Hall–Kier alpha value is -1.53. The maximum absolute atomic E-state index is 12.5. The Morgan fingerprint density at radius 2 is 2.05 bits per heavy atom. The molecule has 6 heteroatoms. The van der Waals surface area contributed by atoms with Crippen molar-refractivity contribution in [1.29, 1.82) is 0 Å². The summed E-state index contributed by atoms with van der Waals surface area (Å²) in [6, 6.07) is 6.93. The highest BCUT2D eigenvalue weighted by Crippen LogP contribution is 2.36. The molecule has 1 N–H and O–H groups in total. The van der Waals surface area contributed by atoms with E-state index in [9.17, 15) is 8.78 Å². The van der Waals surface area contributed by atoms with E-state index < -0.39 is 6.61 Å². The van der Waals surface area contributed by atoms with Crippen LogP contribution in [-0.4, -0.2) is 18.1 Å². The van der Waals surface area contributed by atoms with Crippen LogP contribution in [0.5, 0.6) is 5.75 Å². The number of benzene rings is 1. The van der Waals surface area contributed by atoms with Gasteiger partial charge in [0, 0.05) is 10.9 Å². The Balaban J connectivity index is 2.37. The van der Waals surface area contributed by atoms with Crippen molar-refractivity contribution >= 4 is 11.3 Å². The molecular weight excluding hydrogens is 294 g/mol. The minimum Gasteiger partial charge on any atom is -0.434 e. The lowest BCUT2D eigenvalue weighted by molar-refractivity contribution is -0.0494. The molecule has 0 radical (unpaired) electrons. The third-order valence-electron chi connectivity index (χ3n) is 3.07. The van der Waals surface area contributed by atoms with Gasteiger partial charge < -0.3 is 10.1 Å². The smallest absolute Gasteiger partial charge is 0.387 e. The van der Waals surface area contributed by atoms with Crippen LogP contribution in [0.1, 0.15) is 30.5 Å². The molecule has 3 nitrogen and oxygen atoms in total. The minimum atomic E-state index is -2.84. The number of hydrogen-bond donors (Lipinski definition) is 1. The third-order valence-corrected chi connectivity index (χ3v) is 4.44. The van der Waals surface area contributed by atoms with Gasteiger partial charge in [-0.3, -0.25) is 0 Å². The van der Waals surface area contributed by atoms with E-state index in [-0.39, 0.29) is 11.8 Å². The van der Waals surface area contributed by atoms with Crippen LogP contribution in [0.4, 0.5) is 8.78 Å². The van der Waals surface area contributed by atoms with Crippen molar-refractivity contribution in [3.05, 3.63) is 34.8 Å². The second kappa shape index (κ2) is 6.95. The molecule has 0 aliphatic rings. The van der Waals surface area contributed by atoms with Gasteiger partial charge >= 0.3 is 6.61 Å². The molecule has 0 fully saturated rings. The second-order valence-corrected chi connectivity index (χ2v) is 5.65. The standard InChI is InChI=1S/C15H18F2N2OS/c1-4-18-9(2)13-10(3)19-14(21-13)11-7-5-6-8-12(11)20-15(16)17/h5-9,15,18H,4H2,1-3H3. The van der Waals surface area contributed by atoms with Crippen LogP contribution in [-0.2, 0) is 0 Å². The zero-order valence-electron chi connectivity index (χ0n) is 12.2. The van der Waals surface area contributed by atoms with E-state index in [1.807, 2.05) is 13.8 Å². The van der Waals surface area contributed by atoms with Crippen LogP contribution in [0.3, 0.4) is 0 Å². The number of nitrogens with one attached hydrogen (secondary N) is 1. The molecule has 1 atom stereocenters. The maximum Gasteiger partial charge on any atom is 0.387 e. The normalized spacial score (nSPS) is 12.7. The van der Waals surface area contributed by atoms with E-state index >= 15 is 0 Å². The largest absolute Gasteiger partial charge is 0.434 e. The third kappa shape index (κ3) is 3.77. The van der Waals surface area contributed by atoms with Gasteiger partial charge in [0.05, 0.1) is 11.3 Å². The van der Waals surface area contributed by atoms with Crippen molar-refractivity contribution in [1.82, 2.24) is 10.3 Å². The van der Waals surface area contributed by atoms with Gasteiger partial charge in [-0.05, 0) is 32.5 Å². The number of thiazole rings is 1. The summed E-state index contributed by atoms with van der Waals surface area (Å²) in [5, 5.41) is 4.03. The lowest BCUT2D eigenvalue weighted by Crippen LogP contribution is -2.17. The summed E-state index contributed by atoms with van der Waals surface area (Å²) in [6.07, 6.45) is 0. The SMILES string of the molecule is CCNC(C)c1sc(-c2ccccc2OC(F)F)nc1C. The number of rotatable bonds is 6.